The minimum absolute atomic E-state index is 0. The maximum Gasteiger partial charge on any atom is 0.182 e. The molecule has 0 saturated heterocycles. The normalized spacial score (nSPS) is 12.3. The quantitative estimate of drug-likeness (QED) is 0.444. The summed E-state index contributed by atoms with van der Waals surface area (Å²) in [5, 5.41) is 0.972. The molecule has 0 spiro atoms. The second kappa shape index (κ2) is 8.27. The van der Waals surface area contributed by atoms with Crippen molar-refractivity contribution in [1.29, 1.82) is 0 Å². The number of nitrogens with zero attached hydrogens (tertiary/aromatic N) is 5. The Labute approximate surface area is 179 Å². The van der Waals surface area contributed by atoms with Crippen LogP contribution in [0, 0.1) is 12.7 Å². The zero-order chi connectivity index (χ0) is 18.4. The van der Waals surface area contributed by atoms with E-state index in [1.165, 1.54) is 6.07 Å². The van der Waals surface area contributed by atoms with Crippen molar-refractivity contribution in [2.75, 3.05) is 11.4 Å². The molecule has 0 amide bonds. The molecule has 1 aliphatic rings. The van der Waals surface area contributed by atoms with Crippen molar-refractivity contribution in [1.82, 2.24) is 19.9 Å². The average Bonchev–Trinajstić information content (AvgIpc) is 3.10. The van der Waals surface area contributed by atoms with Gasteiger partial charge in [-0.05, 0) is 49.2 Å². The summed E-state index contributed by atoms with van der Waals surface area (Å²) in [6.45, 7) is 2.80. The van der Waals surface area contributed by atoms with Gasteiger partial charge in [0.1, 0.15) is 17.3 Å². The summed E-state index contributed by atoms with van der Waals surface area (Å²) in [5.41, 5.74) is 4.60. The number of hydrogen-bond acceptors (Lipinski definition) is 5. The molecule has 148 valence electrons. The third-order valence-corrected chi connectivity index (χ3v) is 4.82. The number of fused-ring (bicyclic) bond motifs is 2. The van der Waals surface area contributed by atoms with Crippen LogP contribution in [0.15, 0.2) is 55.0 Å². The molecule has 0 fully saturated rings. The van der Waals surface area contributed by atoms with Crippen molar-refractivity contribution < 1.29 is 4.39 Å². The third-order valence-electron chi connectivity index (χ3n) is 4.82. The van der Waals surface area contributed by atoms with E-state index in [-0.39, 0.29) is 30.6 Å². The zero-order valence-electron chi connectivity index (χ0n) is 15.5. The second-order valence-electron chi connectivity index (χ2n) is 6.66. The monoisotopic (exact) mass is 429 g/mol. The molecular formula is C21H18Cl2FN5. The van der Waals surface area contributed by atoms with E-state index in [1.54, 1.807) is 24.7 Å². The molecule has 5 rings (SSSR count). The number of rotatable bonds is 2. The Balaban J connectivity index is 0.00000120. The van der Waals surface area contributed by atoms with Crippen LogP contribution >= 0.6 is 24.8 Å². The van der Waals surface area contributed by atoms with Crippen molar-refractivity contribution in [3.8, 4) is 11.5 Å². The Morgan fingerprint density at radius 3 is 2.66 bits per heavy atom. The van der Waals surface area contributed by atoms with Crippen LogP contribution < -0.4 is 4.90 Å². The fourth-order valence-corrected chi connectivity index (χ4v) is 3.55. The summed E-state index contributed by atoms with van der Waals surface area (Å²) >= 11 is 0. The van der Waals surface area contributed by atoms with E-state index >= 15 is 0 Å². The van der Waals surface area contributed by atoms with Gasteiger partial charge in [0.25, 0.3) is 0 Å². The molecule has 0 bridgehead atoms. The minimum Gasteiger partial charge on any atom is -0.325 e. The topological polar surface area (TPSA) is 54.8 Å². The van der Waals surface area contributed by atoms with Gasteiger partial charge in [0.15, 0.2) is 5.82 Å². The minimum atomic E-state index is -0.209. The van der Waals surface area contributed by atoms with Crippen LogP contribution in [0.5, 0.6) is 0 Å². The molecule has 0 saturated carbocycles. The summed E-state index contributed by atoms with van der Waals surface area (Å²) in [4.78, 5) is 20.1. The van der Waals surface area contributed by atoms with Gasteiger partial charge in [-0.2, -0.15) is 0 Å². The molecule has 2 aromatic heterocycles. The van der Waals surface area contributed by atoms with Crippen molar-refractivity contribution in [2.45, 2.75) is 13.3 Å². The van der Waals surface area contributed by atoms with Crippen LogP contribution in [0.25, 0.3) is 22.4 Å². The van der Waals surface area contributed by atoms with Gasteiger partial charge in [0.05, 0.1) is 11.7 Å². The molecule has 0 unspecified atom stereocenters. The second-order valence-corrected chi connectivity index (χ2v) is 6.66. The van der Waals surface area contributed by atoms with Gasteiger partial charge in [0, 0.05) is 30.0 Å². The highest BCUT2D eigenvalue weighted by Crippen LogP contribution is 2.38. The maximum atomic E-state index is 13.6. The summed E-state index contributed by atoms with van der Waals surface area (Å²) in [7, 11) is 0. The largest absolute Gasteiger partial charge is 0.325 e. The van der Waals surface area contributed by atoms with Crippen LogP contribution in [0.4, 0.5) is 15.9 Å². The molecule has 0 N–H and O–H groups in total. The number of anilines is 2. The lowest BCUT2D eigenvalue weighted by molar-refractivity contribution is 0.626. The van der Waals surface area contributed by atoms with Gasteiger partial charge in [-0.3, -0.25) is 4.98 Å². The zero-order valence-corrected chi connectivity index (χ0v) is 17.2. The van der Waals surface area contributed by atoms with E-state index in [0.29, 0.717) is 11.5 Å². The van der Waals surface area contributed by atoms with Gasteiger partial charge in [0.2, 0.25) is 0 Å². The first kappa shape index (κ1) is 20.9. The molecule has 0 aliphatic carbocycles. The van der Waals surface area contributed by atoms with E-state index in [9.17, 15) is 4.39 Å². The van der Waals surface area contributed by atoms with E-state index in [4.69, 9.17) is 4.98 Å². The van der Waals surface area contributed by atoms with Crippen molar-refractivity contribution >= 4 is 47.2 Å². The summed E-state index contributed by atoms with van der Waals surface area (Å²) in [5.74, 6) is 1.14. The molecule has 0 radical (unpaired) electrons. The van der Waals surface area contributed by atoms with E-state index < -0.39 is 0 Å². The van der Waals surface area contributed by atoms with Crippen LogP contribution in [-0.2, 0) is 6.42 Å². The average molecular weight is 430 g/mol. The first-order chi connectivity index (χ1) is 13.2. The smallest absolute Gasteiger partial charge is 0.182 e. The lowest BCUT2D eigenvalue weighted by atomic mass is 10.1. The van der Waals surface area contributed by atoms with Gasteiger partial charge in [-0.25, -0.2) is 19.3 Å². The summed E-state index contributed by atoms with van der Waals surface area (Å²) < 4.78 is 13.6. The Hall–Kier alpha value is -2.83. The van der Waals surface area contributed by atoms with Crippen molar-refractivity contribution in [2.24, 2.45) is 0 Å². The maximum absolute atomic E-state index is 13.6. The lowest BCUT2D eigenvalue weighted by Gasteiger charge is -2.21. The third kappa shape index (κ3) is 3.73. The van der Waals surface area contributed by atoms with Crippen LogP contribution in [0.3, 0.4) is 0 Å². The molecular weight excluding hydrogens is 412 g/mol. The summed E-state index contributed by atoms with van der Waals surface area (Å²) in [6.07, 6.45) is 5.70. The van der Waals surface area contributed by atoms with E-state index in [0.717, 1.165) is 46.5 Å². The molecule has 3 heterocycles. The molecule has 1 aliphatic heterocycles. The molecule has 29 heavy (non-hydrogen) atoms. The number of aromatic nitrogens is 4. The highest BCUT2D eigenvalue weighted by molar-refractivity contribution is 5.94. The van der Waals surface area contributed by atoms with Gasteiger partial charge in [-0.1, -0.05) is 11.6 Å². The van der Waals surface area contributed by atoms with Crippen LogP contribution in [0.1, 0.15) is 11.1 Å². The fraction of sp³-hybridized carbons (Fsp3) is 0.143. The first-order valence-corrected chi connectivity index (χ1v) is 8.80. The Morgan fingerprint density at radius 2 is 1.86 bits per heavy atom. The highest BCUT2D eigenvalue weighted by Gasteiger charge is 2.24. The molecule has 8 heteroatoms. The van der Waals surface area contributed by atoms with E-state index in [2.05, 4.69) is 25.9 Å². The number of hydrogen-bond donors (Lipinski definition) is 0. The van der Waals surface area contributed by atoms with Gasteiger partial charge in [-0.15, -0.1) is 24.8 Å². The Kier molecular flexibility index (Phi) is 5.96. The predicted octanol–water partition coefficient (Wildman–Crippen LogP) is 5.07. The van der Waals surface area contributed by atoms with Crippen LogP contribution in [0.2, 0.25) is 0 Å². The van der Waals surface area contributed by atoms with Crippen molar-refractivity contribution in [3.63, 3.8) is 0 Å². The highest BCUT2D eigenvalue weighted by atomic mass is 35.5. The van der Waals surface area contributed by atoms with Crippen LogP contribution in [-0.4, -0.2) is 26.5 Å². The number of halogens is 3. The standard InChI is InChI=1S/C21H16FN5.2ClH/c1-13-2-4-17-16(10-13)21(26-20(25-17)18-12-23-7-8-24-18)27-9-6-14-11-15(22)3-5-19(14)27;;/h2-5,7-8,10-12H,6,9H2,1H3;2*1H. The lowest BCUT2D eigenvalue weighted by Crippen LogP contribution is -2.16. The summed E-state index contributed by atoms with van der Waals surface area (Å²) in [6, 6.07) is 11.0. The van der Waals surface area contributed by atoms with E-state index in [1.807, 2.05) is 25.1 Å². The van der Waals surface area contributed by atoms with Gasteiger partial charge < -0.3 is 4.90 Å². The first-order valence-electron chi connectivity index (χ1n) is 8.80. The SMILES string of the molecule is Cc1ccc2nc(-c3cnccn3)nc(N3CCc4cc(F)ccc43)c2c1.Cl.Cl. The fourth-order valence-electron chi connectivity index (χ4n) is 3.55. The van der Waals surface area contributed by atoms with Crippen molar-refractivity contribution in [3.05, 3.63) is 71.9 Å². The Morgan fingerprint density at radius 1 is 1.00 bits per heavy atom. The molecule has 2 aromatic carbocycles. The number of aryl methyl sites for hydroxylation is 1. The molecule has 4 aromatic rings. The Bertz CT molecular complexity index is 1170. The predicted molar refractivity (Wildman–Crippen MR) is 117 cm³/mol. The van der Waals surface area contributed by atoms with Gasteiger partial charge >= 0.3 is 0 Å². The number of benzene rings is 2. The molecule has 0 atom stereocenters. The molecule has 5 nitrogen and oxygen atoms in total.